The quantitative estimate of drug-likeness (QED) is 0.874. The van der Waals surface area contributed by atoms with Crippen LogP contribution in [0.2, 0.25) is 5.02 Å². The van der Waals surface area contributed by atoms with Gasteiger partial charge in [-0.3, -0.25) is 0 Å². The van der Waals surface area contributed by atoms with Gasteiger partial charge in [0.15, 0.2) is 5.82 Å². The Bertz CT molecular complexity index is 441. The molecule has 0 amide bonds. The number of anilines is 1. The molecule has 2 heterocycles. The lowest BCUT2D eigenvalue weighted by Crippen LogP contribution is -2.39. The molecule has 0 spiro atoms. The fraction of sp³-hybridized carbons (Fsp3) is 0.714. The summed E-state index contributed by atoms with van der Waals surface area (Å²) < 4.78 is 5.09. The Morgan fingerprint density at radius 3 is 3.05 bits per heavy atom. The Morgan fingerprint density at radius 1 is 1.55 bits per heavy atom. The zero-order valence-corrected chi connectivity index (χ0v) is 13.2. The van der Waals surface area contributed by atoms with Crippen molar-refractivity contribution in [3.63, 3.8) is 0 Å². The first kappa shape index (κ1) is 15.3. The van der Waals surface area contributed by atoms with Crippen LogP contribution in [0.4, 0.5) is 5.82 Å². The maximum atomic E-state index is 6.24. The maximum Gasteiger partial charge on any atom is 0.318 e. The Kier molecular flexibility index (Phi) is 5.43. The SMILES string of the molecule is COc1ncc(Cl)c(N2CCCC2CNCC(C)C)n1. The summed E-state index contributed by atoms with van der Waals surface area (Å²) in [6.45, 7) is 7.40. The molecular weight excluding hydrogens is 276 g/mol. The summed E-state index contributed by atoms with van der Waals surface area (Å²) >= 11 is 6.24. The van der Waals surface area contributed by atoms with E-state index in [4.69, 9.17) is 16.3 Å². The van der Waals surface area contributed by atoms with E-state index in [1.807, 2.05) is 0 Å². The number of rotatable bonds is 6. The van der Waals surface area contributed by atoms with Crippen molar-refractivity contribution in [1.29, 1.82) is 0 Å². The predicted octanol–water partition coefficient (Wildman–Crippen LogP) is 2.35. The maximum absolute atomic E-state index is 6.24. The molecule has 1 saturated heterocycles. The minimum atomic E-state index is 0.366. The molecule has 1 fully saturated rings. The molecule has 1 atom stereocenters. The van der Waals surface area contributed by atoms with Gasteiger partial charge in [-0.25, -0.2) is 4.98 Å². The van der Waals surface area contributed by atoms with Crippen molar-refractivity contribution in [3.05, 3.63) is 11.2 Å². The average Bonchev–Trinajstić information content (AvgIpc) is 2.87. The van der Waals surface area contributed by atoms with E-state index in [2.05, 4.69) is 34.0 Å². The molecule has 0 aromatic carbocycles. The molecule has 0 saturated carbocycles. The summed E-state index contributed by atoms with van der Waals surface area (Å²) in [5, 5.41) is 4.10. The van der Waals surface area contributed by atoms with Crippen LogP contribution in [0.5, 0.6) is 6.01 Å². The molecule has 20 heavy (non-hydrogen) atoms. The van der Waals surface area contributed by atoms with Gasteiger partial charge in [-0.05, 0) is 25.3 Å². The van der Waals surface area contributed by atoms with E-state index in [1.165, 1.54) is 0 Å². The van der Waals surface area contributed by atoms with Gasteiger partial charge in [0.2, 0.25) is 0 Å². The standard InChI is InChI=1S/C14H23ClN4O/c1-10(2)7-16-8-11-5-4-6-19(11)13-12(15)9-17-14(18-13)20-3/h9-11,16H,4-8H2,1-3H3. The zero-order chi connectivity index (χ0) is 14.5. The van der Waals surface area contributed by atoms with Crippen molar-refractivity contribution in [3.8, 4) is 6.01 Å². The molecule has 0 aliphatic carbocycles. The van der Waals surface area contributed by atoms with E-state index in [0.717, 1.165) is 38.3 Å². The number of halogens is 1. The average molecular weight is 299 g/mol. The van der Waals surface area contributed by atoms with Crippen LogP contribution < -0.4 is 15.0 Å². The van der Waals surface area contributed by atoms with Crippen molar-refractivity contribution in [2.45, 2.75) is 32.7 Å². The summed E-state index contributed by atoms with van der Waals surface area (Å²) in [6, 6.07) is 0.802. The third kappa shape index (κ3) is 3.73. The number of aromatic nitrogens is 2. The fourth-order valence-electron chi connectivity index (χ4n) is 2.51. The highest BCUT2D eigenvalue weighted by Gasteiger charge is 2.27. The monoisotopic (exact) mass is 298 g/mol. The van der Waals surface area contributed by atoms with Gasteiger partial charge in [0.1, 0.15) is 5.02 Å². The van der Waals surface area contributed by atoms with E-state index in [9.17, 15) is 0 Å². The Labute approximate surface area is 125 Å². The summed E-state index contributed by atoms with van der Waals surface area (Å²) in [5.74, 6) is 1.44. The number of methoxy groups -OCH3 is 1. The van der Waals surface area contributed by atoms with Gasteiger partial charge in [-0.1, -0.05) is 25.4 Å². The molecular formula is C14H23ClN4O. The largest absolute Gasteiger partial charge is 0.467 e. The van der Waals surface area contributed by atoms with Crippen molar-refractivity contribution in [2.75, 3.05) is 31.6 Å². The molecule has 6 heteroatoms. The van der Waals surface area contributed by atoms with Crippen LogP contribution in [-0.4, -0.2) is 42.8 Å². The van der Waals surface area contributed by atoms with E-state index in [0.29, 0.717) is 23.0 Å². The van der Waals surface area contributed by atoms with E-state index >= 15 is 0 Å². The molecule has 1 aliphatic heterocycles. The molecule has 112 valence electrons. The number of hydrogen-bond donors (Lipinski definition) is 1. The smallest absolute Gasteiger partial charge is 0.318 e. The molecule has 1 aromatic rings. The van der Waals surface area contributed by atoms with Crippen LogP contribution in [0, 0.1) is 5.92 Å². The summed E-state index contributed by atoms with van der Waals surface area (Å²) in [6.07, 6.45) is 3.93. The Balaban J connectivity index is 2.06. The van der Waals surface area contributed by atoms with Crippen molar-refractivity contribution in [2.24, 2.45) is 5.92 Å². The van der Waals surface area contributed by atoms with Gasteiger partial charge < -0.3 is 15.0 Å². The number of nitrogens with zero attached hydrogens (tertiary/aromatic N) is 3. The lowest BCUT2D eigenvalue weighted by atomic mass is 10.2. The molecule has 5 nitrogen and oxygen atoms in total. The number of ether oxygens (including phenoxy) is 1. The lowest BCUT2D eigenvalue weighted by molar-refractivity contribution is 0.379. The van der Waals surface area contributed by atoms with Crippen molar-refractivity contribution >= 4 is 17.4 Å². The zero-order valence-electron chi connectivity index (χ0n) is 12.4. The second kappa shape index (κ2) is 7.09. The first-order chi connectivity index (χ1) is 9.61. The van der Waals surface area contributed by atoms with Gasteiger partial charge >= 0.3 is 6.01 Å². The Morgan fingerprint density at radius 2 is 2.35 bits per heavy atom. The first-order valence-electron chi connectivity index (χ1n) is 7.15. The minimum Gasteiger partial charge on any atom is -0.467 e. The van der Waals surface area contributed by atoms with Crippen LogP contribution in [0.25, 0.3) is 0 Å². The van der Waals surface area contributed by atoms with Crippen LogP contribution in [-0.2, 0) is 0 Å². The molecule has 1 aliphatic rings. The molecule has 1 N–H and O–H groups in total. The molecule has 2 rings (SSSR count). The van der Waals surface area contributed by atoms with E-state index in [-0.39, 0.29) is 0 Å². The van der Waals surface area contributed by atoms with Gasteiger partial charge in [0.05, 0.1) is 13.3 Å². The minimum absolute atomic E-state index is 0.366. The predicted molar refractivity (Wildman–Crippen MR) is 81.7 cm³/mol. The van der Waals surface area contributed by atoms with Gasteiger partial charge in [0, 0.05) is 19.1 Å². The second-order valence-corrected chi connectivity index (χ2v) is 5.98. The van der Waals surface area contributed by atoms with E-state index in [1.54, 1.807) is 13.3 Å². The van der Waals surface area contributed by atoms with Crippen LogP contribution in [0.3, 0.4) is 0 Å². The third-order valence-corrected chi connectivity index (χ3v) is 3.73. The van der Waals surface area contributed by atoms with Gasteiger partial charge in [0.25, 0.3) is 0 Å². The van der Waals surface area contributed by atoms with Crippen LogP contribution in [0.1, 0.15) is 26.7 Å². The highest BCUT2D eigenvalue weighted by Crippen LogP contribution is 2.30. The topological polar surface area (TPSA) is 50.3 Å². The second-order valence-electron chi connectivity index (χ2n) is 5.57. The summed E-state index contributed by atoms with van der Waals surface area (Å²) in [5.41, 5.74) is 0. The molecule has 1 unspecified atom stereocenters. The van der Waals surface area contributed by atoms with Crippen molar-refractivity contribution in [1.82, 2.24) is 15.3 Å². The highest BCUT2D eigenvalue weighted by molar-refractivity contribution is 6.32. The third-order valence-electron chi connectivity index (χ3n) is 3.47. The molecule has 0 radical (unpaired) electrons. The highest BCUT2D eigenvalue weighted by atomic mass is 35.5. The number of nitrogens with one attached hydrogen (secondary N) is 1. The first-order valence-corrected chi connectivity index (χ1v) is 7.53. The normalized spacial score (nSPS) is 18.9. The Hall–Kier alpha value is -1.07. The van der Waals surface area contributed by atoms with Gasteiger partial charge in [-0.2, -0.15) is 4.98 Å². The fourth-order valence-corrected chi connectivity index (χ4v) is 2.71. The summed E-state index contributed by atoms with van der Waals surface area (Å²) in [4.78, 5) is 10.7. The van der Waals surface area contributed by atoms with Crippen molar-refractivity contribution < 1.29 is 4.74 Å². The van der Waals surface area contributed by atoms with Crippen LogP contribution >= 0.6 is 11.6 Å². The molecule has 1 aromatic heterocycles. The van der Waals surface area contributed by atoms with Gasteiger partial charge in [-0.15, -0.1) is 0 Å². The summed E-state index contributed by atoms with van der Waals surface area (Å²) in [7, 11) is 1.57. The number of hydrogen-bond acceptors (Lipinski definition) is 5. The lowest BCUT2D eigenvalue weighted by Gasteiger charge is -2.27. The van der Waals surface area contributed by atoms with E-state index < -0.39 is 0 Å². The molecule has 0 bridgehead atoms. The van der Waals surface area contributed by atoms with Crippen LogP contribution in [0.15, 0.2) is 6.20 Å².